The van der Waals surface area contributed by atoms with Gasteiger partial charge in [0.15, 0.2) is 23.0 Å². The Balaban J connectivity index is 2.13. The second-order valence-corrected chi connectivity index (χ2v) is 12.0. The first kappa shape index (κ1) is 36.6. The van der Waals surface area contributed by atoms with Crippen LogP contribution in [0.2, 0.25) is 0 Å². The Morgan fingerprint density at radius 2 is 1.02 bits per heavy atom. The van der Waals surface area contributed by atoms with E-state index in [-0.39, 0.29) is 52.7 Å². The summed E-state index contributed by atoms with van der Waals surface area (Å²) in [6, 6.07) is 16.2. The van der Waals surface area contributed by atoms with Gasteiger partial charge in [-0.25, -0.2) is 9.36 Å². The van der Waals surface area contributed by atoms with Crippen LogP contribution in [0, 0.1) is 0 Å². The van der Waals surface area contributed by atoms with Crippen LogP contribution in [0.4, 0.5) is 4.79 Å². The Morgan fingerprint density at radius 3 is 1.38 bits per heavy atom. The average Bonchev–Trinajstić information content (AvgIpc) is 3.00. The molecule has 0 aromatic heterocycles. The van der Waals surface area contributed by atoms with Crippen molar-refractivity contribution in [3.8, 4) is 28.7 Å². The van der Waals surface area contributed by atoms with Crippen molar-refractivity contribution in [1.29, 1.82) is 0 Å². The van der Waals surface area contributed by atoms with Gasteiger partial charge in [0, 0.05) is 26.7 Å². The third-order valence-corrected chi connectivity index (χ3v) is 7.88. The second-order valence-electron chi connectivity index (χ2n) is 10.2. The van der Waals surface area contributed by atoms with Crippen molar-refractivity contribution in [1.82, 2.24) is 0 Å². The Labute approximate surface area is 271 Å². The molecule has 2 unspecified atom stereocenters. The summed E-state index contributed by atoms with van der Waals surface area (Å²) in [5.41, 5.74) is -0.975. The molecule has 0 aliphatic rings. The lowest BCUT2D eigenvalue weighted by molar-refractivity contribution is -0.132. The molecule has 47 heavy (non-hydrogen) atoms. The molecule has 3 aromatic rings. The summed E-state index contributed by atoms with van der Waals surface area (Å²) in [6.45, 7) is 4.95. The Hall–Kier alpha value is -4.84. The van der Waals surface area contributed by atoms with E-state index < -0.39 is 49.0 Å². The third-order valence-electron chi connectivity index (χ3n) is 6.28. The van der Waals surface area contributed by atoms with Crippen LogP contribution >= 0.6 is 7.60 Å². The summed E-state index contributed by atoms with van der Waals surface area (Å²) in [5.74, 6) is -1.66. The van der Waals surface area contributed by atoms with Gasteiger partial charge in [0.05, 0.1) is 26.4 Å². The maximum atomic E-state index is 14.6. The Bertz CT molecular complexity index is 1570. The highest BCUT2D eigenvalue weighted by atomic mass is 31.2. The molecular weight excluding hydrogens is 635 g/mol. The van der Waals surface area contributed by atoms with E-state index in [0.29, 0.717) is 0 Å². The lowest BCUT2D eigenvalue weighted by Crippen LogP contribution is -2.19. The zero-order valence-corrected chi connectivity index (χ0v) is 27.6. The van der Waals surface area contributed by atoms with Crippen LogP contribution < -0.4 is 23.7 Å². The number of methoxy groups -OCH3 is 2. The van der Waals surface area contributed by atoms with Gasteiger partial charge in [-0.3, -0.25) is 28.2 Å². The standard InChI is InChI=1S/C33H35O13P/c1-20(34)16-29(24-12-14-27(42-22(3)36)31(18-24)40-5)45-47(39,33(38)44-26-10-8-7-9-11-26)46-30(17-21(2)35)25-13-15-28(43-23(4)37)32(19-25)41-6/h7-15,18-19,29-30H,16-17H2,1-6H3. The van der Waals surface area contributed by atoms with Crippen LogP contribution in [0.5, 0.6) is 28.7 Å². The van der Waals surface area contributed by atoms with E-state index in [9.17, 15) is 28.5 Å². The molecule has 0 N–H and O–H groups in total. The van der Waals surface area contributed by atoms with Gasteiger partial charge in [-0.1, -0.05) is 30.3 Å². The smallest absolute Gasteiger partial charge is 0.440 e. The van der Waals surface area contributed by atoms with Crippen molar-refractivity contribution >= 4 is 36.8 Å². The Morgan fingerprint density at radius 1 is 0.596 bits per heavy atom. The van der Waals surface area contributed by atoms with Gasteiger partial charge in [0.1, 0.15) is 17.3 Å². The number of ketones is 2. The number of carbonyl (C=O) groups excluding carboxylic acids is 5. The molecule has 0 bridgehead atoms. The molecule has 0 radical (unpaired) electrons. The van der Waals surface area contributed by atoms with Gasteiger partial charge in [0.25, 0.3) is 0 Å². The van der Waals surface area contributed by atoms with Crippen molar-refractivity contribution in [3.63, 3.8) is 0 Å². The zero-order chi connectivity index (χ0) is 34.7. The summed E-state index contributed by atoms with van der Waals surface area (Å²) >= 11 is 0. The van der Waals surface area contributed by atoms with Gasteiger partial charge in [-0.05, 0) is 61.4 Å². The van der Waals surface area contributed by atoms with Gasteiger partial charge in [0.2, 0.25) is 0 Å². The van der Waals surface area contributed by atoms with Crippen molar-refractivity contribution in [2.45, 2.75) is 52.7 Å². The van der Waals surface area contributed by atoms with Crippen LogP contribution in [-0.4, -0.2) is 43.4 Å². The van der Waals surface area contributed by atoms with Crippen molar-refractivity contribution in [3.05, 3.63) is 77.9 Å². The number of carbonyl (C=O) groups is 5. The SMILES string of the molecule is COc1cc(C(CC(C)=O)OP(=O)(OC(CC(C)=O)c2ccc(OC(C)=O)c(OC)c2)C(=O)Oc2ccccc2)ccc1OC(C)=O. The van der Waals surface area contributed by atoms with E-state index in [0.717, 1.165) is 0 Å². The van der Waals surface area contributed by atoms with Crippen molar-refractivity contribution in [2.75, 3.05) is 14.2 Å². The van der Waals surface area contributed by atoms with Crippen molar-refractivity contribution < 1.29 is 61.3 Å². The molecule has 0 heterocycles. The van der Waals surface area contributed by atoms with Crippen LogP contribution in [0.15, 0.2) is 66.7 Å². The number of para-hydroxylation sites is 1. The third kappa shape index (κ3) is 10.6. The highest BCUT2D eigenvalue weighted by Gasteiger charge is 2.44. The van der Waals surface area contributed by atoms with E-state index in [1.54, 1.807) is 18.2 Å². The van der Waals surface area contributed by atoms with Gasteiger partial charge in [-0.2, -0.15) is 0 Å². The summed E-state index contributed by atoms with van der Waals surface area (Å²) in [4.78, 5) is 61.6. The summed E-state index contributed by atoms with van der Waals surface area (Å²) in [5, 5.41) is 0. The van der Waals surface area contributed by atoms with E-state index in [1.165, 1.54) is 90.4 Å². The number of hydrogen-bond acceptors (Lipinski definition) is 13. The van der Waals surface area contributed by atoms with Crippen LogP contribution in [0.1, 0.15) is 63.9 Å². The van der Waals surface area contributed by atoms with E-state index in [1.807, 2.05) is 0 Å². The molecule has 3 rings (SSSR count). The summed E-state index contributed by atoms with van der Waals surface area (Å²) in [7, 11) is -2.42. The number of ether oxygens (including phenoxy) is 5. The molecule has 2 atom stereocenters. The van der Waals surface area contributed by atoms with Crippen LogP contribution in [0.3, 0.4) is 0 Å². The largest absolute Gasteiger partial charge is 0.493 e. The molecule has 0 saturated heterocycles. The number of Topliss-reactive ketones (excluding diaryl/α,β-unsaturated/α-hetero) is 2. The van der Waals surface area contributed by atoms with Gasteiger partial charge in [-0.15, -0.1) is 0 Å². The van der Waals surface area contributed by atoms with Crippen molar-refractivity contribution in [2.24, 2.45) is 0 Å². The van der Waals surface area contributed by atoms with Gasteiger partial charge >= 0.3 is 25.2 Å². The maximum absolute atomic E-state index is 14.6. The number of hydrogen-bond donors (Lipinski definition) is 0. The van der Waals surface area contributed by atoms with E-state index in [4.69, 9.17) is 32.7 Å². The number of benzene rings is 3. The normalized spacial score (nSPS) is 13.3. The average molecular weight is 671 g/mol. The zero-order valence-electron chi connectivity index (χ0n) is 26.7. The predicted molar refractivity (Wildman–Crippen MR) is 167 cm³/mol. The molecule has 3 aromatic carbocycles. The lowest BCUT2D eigenvalue weighted by Gasteiger charge is -2.27. The molecule has 14 heteroatoms. The maximum Gasteiger partial charge on any atom is 0.440 e. The monoisotopic (exact) mass is 670 g/mol. The molecule has 0 aliphatic carbocycles. The van der Waals surface area contributed by atoms with E-state index >= 15 is 0 Å². The first-order valence-electron chi connectivity index (χ1n) is 14.2. The second kappa shape index (κ2) is 16.6. The Kier molecular flexibility index (Phi) is 13.0. The van der Waals surface area contributed by atoms with Crippen LogP contribution in [-0.2, 0) is 32.8 Å². The fourth-order valence-corrected chi connectivity index (χ4v) is 5.79. The molecule has 13 nitrogen and oxygen atoms in total. The lowest BCUT2D eigenvalue weighted by atomic mass is 10.0. The molecule has 0 fully saturated rings. The molecule has 0 amide bonds. The fourth-order valence-electron chi connectivity index (χ4n) is 4.29. The summed E-state index contributed by atoms with van der Waals surface area (Å²) < 4.78 is 52.8. The quantitative estimate of drug-likeness (QED) is 0.0896. The van der Waals surface area contributed by atoms with E-state index in [2.05, 4.69) is 0 Å². The molecular formula is C33H35O13P. The highest BCUT2D eigenvalue weighted by molar-refractivity contribution is 7.71. The first-order chi connectivity index (χ1) is 22.2. The van der Waals surface area contributed by atoms with Gasteiger partial charge < -0.3 is 23.7 Å². The number of rotatable bonds is 16. The summed E-state index contributed by atoms with van der Waals surface area (Å²) in [6.07, 6.45) is -3.46. The number of esters is 2. The minimum Gasteiger partial charge on any atom is -0.493 e. The molecule has 0 spiro atoms. The van der Waals surface area contributed by atoms with Crippen LogP contribution in [0.25, 0.3) is 0 Å². The fraction of sp³-hybridized carbons (Fsp3) is 0.303. The molecule has 0 aliphatic heterocycles. The minimum atomic E-state index is -5.07. The predicted octanol–water partition coefficient (Wildman–Crippen LogP) is 6.72. The molecule has 0 saturated carbocycles. The first-order valence-corrected chi connectivity index (χ1v) is 15.7. The molecule has 250 valence electrons. The topological polar surface area (TPSA) is 167 Å². The highest BCUT2D eigenvalue weighted by Crippen LogP contribution is 2.58. The minimum absolute atomic E-state index is 0.0240.